The van der Waals surface area contributed by atoms with Crippen molar-refractivity contribution in [2.24, 2.45) is 5.10 Å². The van der Waals surface area contributed by atoms with Crippen LogP contribution in [0.4, 0.5) is 9.52 Å². The summed E-state index contributed by atoms with van der Waals surface area (Å²) >= 11 is 4.54. The summed E-state index contributed by atoms with van der Waals surface area (Å²) in [4.78, 5) is 17.9. The molecule has 4 rings (SSSR count). The molecular formula is C24H19BrFN3O4S. The van der Waals surface area contributed by atoms with Crippen LogP contribution >= 0.6 is 27.3 Å². The number of benzene rings is 3. The van der Waals surface area contributed by atoms with E-state index in [0.29, 0.717) is 43.7 Å². The smallest absolute Gasteiger partial charge is 0.280 e. The number of rotatable bonds is 7. The van der Waals surface area contributed by atoms with Crippen molar-refractivity contribution >= 4 is 54.7 Å². The van der Waals surface area contributed by atoms with Crippen LogP contribution in [0, 0.1) is 5.82 Å². The van der Waals surface area contributed by atoms with Gasteiger partial charge in [-0.05, 0) is 54.6 Å². The minimum atomic E-state index is -0.393. The van der Waals surface area contributed by atoms with Gasteiger partial charge in [0, 0.05) is 15.6 Å². The van der Waals surface area contributed by atoms with E-state index in [9.17, 15) is 9.18 Å². The Morgan fingerprint density at radius 1 is 1.03 bits per heavy atom. The van der Waals surface area contributed by atoms with Crippen molar-refractivity contribution in [3.8, 4) is 17.2 Å². The van der Waals surface area contributed by atoms with Crippen LogP contribution in [0.15, 0.2) is 64.2 Å². The van der Waals surface area contributed by atoms with E-state index in [2.05, 4.69) is 26.0 Å². The van der Waals surface area contributed by atoms with Gasteiger partial charge in [-0.2, -0.15) is 10.1 Å². The normalized spacial score (nSPS) is 11.1. The Kier molecular flexibility index (Phi) is 7.09. The standard InChI is InChI=1S/C24H19BrFN3O4S/c1-31-19-10-14(11-20(32-2)22(19)33-3)13-27-29(23(30)15-4-6-16(25)7-5-15)24-28-18-9-8-17(26)12-21(18)34-24/h4-13H,1-3H3/b27-13+. The Bertz CT molecular complexity index is 1350. The molecular weight excluding hydrogens is 525 g/mol. The predicted molar refractivity (Wildman–Crippen MR) is 134 cm³/mol. The number of amides is 1. The van der Waals surface area contributed by atoms with E-state index in [1.54, 1.807) is 42.5 Å². The Morgan fingerprint density at radius 3 is 2.32 bits per heavy atom. The number of hydrogen-bond acceptors (Lipinski definition) is 7. The first-order valence-corrected chi connectivity index (χ1v) is 11.5. The number of carbonyl (C=O) groups is 1. The molecule has 0 saturated carbocycles. The van der Waals surface area contributed by atoms with Gasteiger partial charge in [-0.3, -0.25) is 4.79 Å². The lowest BCUT2D eigenvalue weighted by molar-refractivity contribution is 0.0988. The summed E-state index contributed by atoms with van der Waals surface area (Å²) in [5.74, 6) is 0.567. The van der Waals surface area contributed by atoms with Crippen LogP contribution in [0.3, 0.4) is 0 Å². The first-order chi connectivity index (χ1) is 16.4. The lowest BCUT2D eigenvalue weighted by atomic mass is 10.2. The van der Waals surface area contributed by atoms with E-state index < -0.39 is 5.91 Å². The second-order valence-electron chi connectivity index (χ2n) is 6.94. The van der Waals surface area contributed by atoms with Gasteiger partial charge >= 0.3 is 0 Å². The molecule has 0 unspecified atom stereocenters. The number of anilines is 1. The molecule has 0 bridgehead atoms. The fourth-order valence-corrected chi connectivity index (χ4v) is 4.39. The first-order valence-electron chi connectivity index (χ1n) is 9.93. The summed E-state index contributed by atoms with van der Waals surface area (Å²) < 4.78 is 31.3. The lowest BCUT2D eigenvalue weighted by Gasteiger charge is -2.15. The summed E-state index contributed by atoms with van der Waals surface area (Å²) in [7, 11) is 4.55. The predicted octanol–water partition coefficient (Wildman–Crippen LogP) is 5.90. The zero-order valence-electron chi connectivity index (χ0n) is 18.4. The Morgan fingerprint density at radius 2 is 1.71 bits per heavy atom. The van der Waals surface area contributed by atoms with Crippen molar-refractivity contribution in [2.75, 3.05) is 26.3 Å². The van der Waals surface area contributed by atoms with Crippen molar-refractivity contribution in [3.63, 3.8) is 0 Å². The molecule has 1 aromatic heterocycles. The monoisotopic (exact) mass is 543 g/mol. The zero-order valence-corrected chi connectivity index (χ0v) is 20.8. The quantitative estimate of drug-likeness (QED) is 0.214. The fourth-order valence-electron chi connectivity index (χ4n) is 3.18. The maximum absolute atomic E-state index is 13.7. The Balaban J connectivity index is 1.78. The molecule has 0 saturated heterocycles. The molecule has 34 heavy (non-hydrogen) atoms. The molecule has 0 aliphatic carbocycles. The highest BCUT2D eigenvalue weighted by molar-refractivity contribution is 9.10. The van der Waals surface area contributed by atoms with Crippen molar-refractivity contribution in [1.29, 1.82) is 0 Å². The second kappa shape index (κ2) is 10.2. The minimum absolute atomic E-state index is 0.303. The highest BCUT2D eigenvalue weighted by Crippen LogP contribution is 2.38. The molecule has 10 heteroatoms. The van der Waals surface area contributed by atoms with Gasteiger partial charge in [-0.15, -0.1) is 0 Å². The average molecular weight is 544 g/mol. The molecule has 0 atom stereocenters. The van der Waals surface area contributed by atoms with E-state index in [4.69, 9.17) is 14.2 Å². The van der Waals surface area contributed by atoms with E-state index >= 15 is 0 Å². The maximum Gasteiger partial charge on any atom is 0.280 e. The number of hydrogen-bond donors (Lipinski definition) is 0. The largest absolute Gasteiger partial charge is 0.493 e. The number of ether oxygens (including phenoxy) is 3. The molecule has 1 heterocycles. The Hall–Kier alpha value is -3.50. The summed E-state index contributed by atoms with van der Waals surface area (Å²) in [6, 6.07) is 14.6. The van der Waals surface area contributed by atoms with Crippen LogP contribution < -0.4 is 19.2 Å². The average Bonchev–Trinajstić information content (AvgIpc) is 3.26. The molecule has 0 N–H and O–H groups in total. The maximum atomic E-state index is 13.7. The molecule has 0 spiro atoms. The number of nitrogens with zero attached hydrogens (tertiary/aromatic N) is 3. The van der Waals surface area contributed by atoms with E-state index in [1.165, 1.54) is 44.7 Å². The van der Waals surface area contributed by atoms with Crippen LogP contribution in [0.25, 0.3) is 10.2 Å². The van der Waals surface area contributed by atoms with Crippen molar-refractivity contribution in [2.45, 2.75) is 0 Å². The number of halogens is 2. The molecule has 1 amide bonds. The molecule has 0 aliphatic heterocycles. The fraction of sp³-hybridized carbons (Fsp3) is 0.125. The Labute approximate surface area is 207 Å². The molecule has 174 valence electrons. The number of carbonyl (C=O) groups excluding carboxylic acids is 1. The number of aromatic nitrogens is 1. The van der Waals surface area contributed by atoms with E-state index in [-0.39, 0.29) is 5.82 Å². The molecule has 3 aromatic carbocycles. The van der Waals surface area contributed by atoms with Gasteiger partial charge in [-0.1, -0.05) is 27.3 Å². The van der Waals surface area contributed by atoms with Crippen LogP contribution in [0.1, 0.15) is 15.9 Å². The van der Waals surface area contributed by atoms with Crippen LogP contribution in [0.5, 0.6) is 17.2 Å². The van der Waals surface area contributed by atoms with Crippen molar-refractivity contribution in [3.05, 3.63) is 76.0 Å². The lowest BCUT2D eigenvalue weighted by Crippen LogP contribution is -2.25. The highest BCUT2D eigenvalue weighted by atomic mass is 79.9. The van der Waals surface area contributed by atoms with Crippen LogP contribution in [-0.2, 0) is 0 Å². The van der Waals surface area contributed by atoms with E-state index in [0.717, 1.165) is 15.8 Å². The van der Waals surface area contributed by atoms with Gasteiger partial charge in [-0.25, -0.2) is 9.37 Å². The van der Waals surface area contributed by atoms with Gasteiger partial charge in [0.1, 0.15) is 5.82 Å². The summed E-state index contributed by atoms with van der Waals surface area (Å²) in [5.41, 5.74) is 1.59. The van der Waals surface area contributed by atoms with E-state index in [1.807, 2.05) is 0 Å². The van der Waals surface area contributed by atoms with Gasteiger partial charge < -0.3 is 14.2 Å². The zero-order chi connectivity index (χ0) is 24.2. The number of hydrazone groups is 1. The second-order valence-corrected chi connectivity index (χ2v) is 8.86. The van der Waals surface area contributed by atoms with Gasteiger partial charge in [0.15, 0.2) is 11.5 Å². The summed E-state index contributed by atoms with van der Waals surface area (Å²) in [5, 5.41) is 5.93. The molecule has 0 aliphatic rings. The third-order valence-corrected chi connectivity index (χ3v) is 6.34. The van der Waals surface area contributed by atoms with Gasteiger partial charge in [0.05, 0.1) is 37.8 Å². The van der Waals surface area contributed by atoms with Crippen LogP contribution in [0.2, 0.25) is 0 Å². The third kappa shape index (κ3) is 4.87. The molecule has 7 nitrogen and oxygen atoms in total. The first kappa shape index (κ1) is 23.7. The number of methoxy groups -OCH3 is 3. The van der Waals surface area contributed by atoms with Crippen LogP contribution in [-0.4, -0.2) is 38.4 Å². The summed E-state index contributed by atoms with van der Waals surface area (Å²) in [6.07, 6.45) is 1.49. The van der Waals surface area contributed by atoms with Gasteiger partial charge in [0.25, 0.3) is 5.91 Å². The summed E-state index contributed by atoms with van der Waals surface area (Å²) in [6.45, 7) is 0. The molecule has 4 aromatic rings. The van der Waals surface area contributed by atoms with Gasteiger partial charge in [0.2, 0.25) is 10.9 Å². The number of thiazole rings is 1. The third-order valence-electron chi connectivity index (χ3n) is 4.81. The topological polar surface area (TPSA) is 73.2 Å². The number of fused-ring (bicyclic) bond motifs is 1. The molecule has 0 fully saturated rings. The SMILES string of the molecule is COc1cc(/C=N/N(C(=O)c2ccc(Br)cc2)c2nc3ccc(F)cc3s2)cc(OC)c1OC. The minimum Gasteiger partial charge on any atom is -0.493 e. The molecule has 0 radical (unpaired) electrons. The van der Waals surface area contributed by atoms with Crippen molar-refractivity contribution < 1.29 is 23.4 Å². The van der Waals surface area contributed by atoms with Crippen molar-refractivity contribution in [1.82, 2.24) is 4.98 Å². The highest BCUT2D eigenvalue weighted by Gasteiger charge is 2.21.